The molecule has 168 valence electrons. The van der Waals surface area contributed by atoms with Gasteiger partial charge in [-0.2, -0.15) is 0 Å². The number of ether oxygens (including phenoxy) is 1. The van der Waals surface area contributed by atoms with Crippen molar-refractivity contribution in [2.24, 2.45) is 0 Å². The van der Waals surface area contributed by atoms with Gasteiger partial charge in [-0.15, -0.1) is 11.3 Å². The molecule has 0 spiro atoms. The highest BCUT2D eigenvalue weighted by Gasteiger charge is 2.23. The van der Waals surface area contributed by atoms with Crippen LogP contribution in [0.3, 0.4) is 0 Å². The summed E-state index contributed by atoms with van der Waals surface area (Å²) in [7, 11) is 0. The maximum absolute atomic E-state index is 13.4. The predicted octanol–water partition coefficient (Wildman–Crippen LogP) is 4.85. The molecule has 5 nitrogen and oxygen atoms in total. The van der Waals surface area contributed by atoms with Crippen molar-refractivity contribution < 1.29 is 14.3 Å². The fourth-order valence-electron chi connectivity index (χ4n) is 3.41. The molecule has 3 aromatic rings. The quantitative estimate of drug-likeness (QED) is 0.371. The molecule has 0 aliphatic heterocycles. The highest BCUT2D eigenvalue weighted by Crippen LogP contribution is 2.16. The molecular weight excluding hydrogens is 420 g/mol. The van der Waals surface area contributed by atoms with Gasteiger partial charge in [-0.1, -0.05) is 54.6 Å². The summed E-state index contributed by atoms with van der Waals surface area (Å²) in [5, 5.41) is 2.01. The van der Waals surface area contributed by atoms with E-state index in [1.54, 1.807) is 28.4 Å². The van der Waals surface area contributed by atoms with E-state index in [-0.39, 0.29) is 18.4 Å². The maximum atomic E-state index is 13.4. The zero-order valence-corrected chi connectivity index (χ0v) is 19.3. The largest absolute Gasteiger partial charge is 0.382 e. The van der Waals surface area contributed by atoms with Crippen LogP contribution >= 0.6 is 11.3 Å². The number of benzene rings is 2. The Kier molecular flexibility index (Phi) is 9.47. The van der Waals surface area contributed by atoms with Gasteiger partial charge in [0, 0.05) is 36.7 Å². The standard InChI is InChI=1S/C26H30N2O3S/c1-2-31-17-10-16-27(26(30)23-13-7-4-8-14-23)21-25(29)28(20-24-15-9-18-32-24)19-22-11-5-3-6-12-22/h3-9,11-15,18H,2,10,16-17,19-21H2,1H3. The van der Waals surface area contributed by atoms with Crippen LogP contribution < -0.4 is 0 Å². The van der Waals surface area contributed by atoms with Crippen molar-refractivity contribution >= 4 is 23.2 Å². The molecule has 2 amide bonds. The van der Waals surface area contributed by atoms with E-state index in [9.17, 15) is 9.59 Å². The highest BCUT2D eigenvalue weighted by atomic mass is 32.1. The number of thiophene rings is 1. The van der Waals surface area contributed by atoms with Crippen LogP contribution in [0.25, 0.3) is 0 Å². The molecule has 0 saturated heterocycles. The zero-order valence-electron chi connectivity index (χ0n) is 18.5. The zero-order chi connectivity index (χ0) is 22.6. The first kappa shape index (κ1) is 23.7. The molecule has 1 aromatic heterocycles. The maximum Gasteiger partial charge on any atom is 0.254 e. The lowest BCUT2D eigenvalue weighted by Crippen LogP contribution is -2.43. The summed E-state index contributed by atoms with van der Waals surface area (Å²) in [4.78, 5) is 31.2. The van der Waals surface area contributed by atoms with Gasteiger partial charge in [-0.25, -0.2) is 0 Å². The molecule has 0 unspecified atom stereocenters. The fraction of sp³-hybridized carbons (Fsp3) is 0.308. The number of hydrogen-bond acceptors (Lipinski definition) is 4. The minimum absolute atomic E-state index is 0.0397. The molecule has 0 radical (unpaired) electrons. The van der Waals surface area contributed by atoms with Crippen LogP contribution in [0.15, 0.2) is 78.2 Å². The molecule has 2 aromatic carbocycles. The van der Waals surface area contributed by atoms with Crippen LogP contribution in [-0.2, 0) is 22.6 Å². The van der Waals surface area contributed by atoms with Crippen molar-refractivity contribution in [2.75, 3.05) is 26.3 Å². The molecule has 3 rings (SSSR count). The Labute approximate surface area is 194 Å². The van der Waals surface area contributed by atoms with Crippen LogP contribution in [0.4, 0.5) is 0 Å². The van der Waals surface area contributed by atoms with E-state index < -0.39 is 0 Å². The number of rotatable bonds is 12. The minimum Gasteiger partial charge on any atom is -0.382 e. The molecule has 0 aliphatic rings. The summed E-state index contributed by atoms with van der Waals surface area (Å²) < 4.78 is 5.44. The average Bonchev–Trinajstić information content (AvgIpc) is 3.34. The van der Waals surface area contributed by atoms with E-state index in [0.29, 0.717) is 44.8 Å². The summed E-state index contributed by atoms with van der Waals surface area (Å²) in [6.45, 7) is 4.68. The van der Waals surface area contributed by atoms with Crippen LogP contribution in [0.1, 0.15) is 34.1 Å². The number of carbonyl (C=O) groups is 2. The van der Waals surface area contributed by atoms with Gasteiger partial charge in [-0.3, -0.25) is 9.59 Å². The van der Waals surface area contributed by atoms with Gasteiger partial charge < -0.3 is 14.5 Å². The Morgan fingerprint density at radius 2 is 1.59 bits per heavy atom. The van der Waals surface area contributed by atoms with Crippen LogP contribution in [0, 0.1) is 0 Å². The third kappa shape index (κ3) is 7.32. The molecule has 0 bridgehead atoms. The second-order valence-electron chi connectivity index (χ2n) is 7.46. The lowest BCUT2D eigenvalue weighted by atomic mass is 10.2. The molecule has 0 fully saturated rings. The Hall–Kier alpha value is -2.96. The molecule has 0 atom stereocenters. The van der Waals surface area contributed by atoms with Crippen molar-refractivity contribution in [3.05, 3.63) is 94.2 Å². The second kappa shape index (κ2) is 12.8. The van der Waals surface area contributed by atoms with Gasteiger partial charge >= 0.3 is 0 Å². The molecule has 0 aliphatic carbocycles. The Bertz CT molecular complexity index is 946. The van der Waals surface area contributed by atoms with Crippen LogP contribution in [-0.4, -0.2) is 47.9 Å². The second-order valence-corrected chi connectivity index (χ2v) is 8.49. The molecule has 1 heterocycles. The topological polar surface area (TPSA) is 49.9 Å². The smallest absolute Gasteiger partial charge is 0.254 e. The summed E-state index contributed by atoms with van der Waals surface area (Å²) >= 11 is 1.63. The summed E-state index contributed by atoms with van der Waals surface area (Å²) in [5.74, 6) is -0.200. The number of hydrogen-bond donors (Lipinski definition) is 0. The lowest BCUT2D eigenvalue weighted by molar-refractivity contribution is -0.133. The number of amides is 2. The minimum atomic E-state index is -0.133. The third-order valence-corrected chi connectivity index (χ3v) is 5.91. The van der Waals surface area contributed by atoms with Crippen molar-refractivity contribution in [2.45, 2.75) is 26.4 Å². The average molecular weight is 451 g/mol. The molecule has 6 heteroatoms. The van der Waals surface area contributed by atoms with Crippen molar-refractivity contribution in [3.63, 3.8) is 0 Å². The van der Waals surface area contributed by atoms with E-state index >= 15 is 0 Å². The van der Waals surface area contributed by atoms with Crippen molar-refractivity contribution in [1.82, 2.24) is 9.80 Å². The number of carbonyl (C=O) groups excluding carboxylic acids is 2. The third-order valence-electron chi connectivity index (χ3n) is 5.05. The Morgan fingerprint density at radius 1 is 0.875 bits per heavy atom. The first-order valence-electron chi connectivity index (χ1n) is 10.9. The predicted molar refractivity (Wildman–Crippen MR) is 128 cm³/mol. The van der Waals surface area contributed by atoms with Gasteiger partial charge in [-0.05, 0) is 42.5 Å². The van der Waals surface area contributed by atoms with Crippen LogP contribution in [0.2, 0.25) is 0 Å². The lowest BCUT2D eigenvalue weighted by Gasteiger charge is -2.28. The summed E-state index contributed by atoms with van der Waals surface area (Å²) in [6, 6.07) is 23.1. The molecule has 0 saturated carbocycles. The van der Waals surface area contributed by atoms with Gasteiger partial charge in [0.25, 0.3) is 5.91 Å². The van der Waals surface area contributed by atoms with Gasteiger partial charge in [0.1, 0.15) is 6.54 Å². The molecular formula is C26H30N2O3S. The number of nitrogens with zero attached hydrogens (tertiary/aromatic N) is 2. The van der Waals surface area contributed by atoms with Crippen molar-refractivity contribution in [3.8, 4) is 0 Å². The molecule has 32 heavy (non-hydrogen) atoms. The van der Waals surface area contributed by atoms with Gasteiger partial charge in [0.15, 0.2) is 0 Å². The monoisotopic (exact) mass is 450 g/mol. The first-order chi connectivity index (χ1) is 15.7. The Morgan fingerprint density at radius 3 is 2.25 bits per heavy atom. The fourth-order valence-corrected chi connectivity index (χ4v) is 4.13. The van der Waals surface area contributed by atoms with E-state index in [1.807, 2.05) is 77.9 Å². The van der Waals surface area contributed by atoms with Crippen molar-refractivity contribution in [1.29, 1.82) is 0 Å². The van der Waals surface area contributed by atoms with Crippen LogP contribution in [0.5, 0.6) is 0 Å². The first-order valence-corrected chi connectivity index (χ1v) is 11.8. The van der Waals surface area contributed by atoms with E-state index in [0.717, 1.165) is 10.4 Å². The SMILES string of the molecule is CCOCCCN(CC(=O)N(Cc1ccccc1)Cc1cccs1)C(=O)c1ccccc1. The van der Waals surface area contributed by atoms with E-state index in [4.69, 9.17) is 4.74 Å². The molecule has 0 N–H and O–H groups in total. The normalized spacial score (nSPS) is 10.7. The van der Waals surface area contributed by atoms with E-state index in [1.165, 1.54) is 0 Å². The summed E-state index contributed by atoms with van der Waals surface area (Å²) in [5.41, 5.74) is 1.65. The summed E-state index contributed by atoms with van der Waals surface area (Å²) in [6.07, 6.45) is 0.684. The Balaban J connectivity index is 1.75. The highest BCUT2D eigenvalue weighted by molar-refractivity contribution is 7.09. The van der Waals surface area contributed by atoms with Gasteiger partial charge in [0.2, 0.25) is 5.91 Å². The van der Waals surface area contributed by atoms with E-state index in [2.05, 4.69) is 0 Å². The van der Waals surface area contributed by atoms with Gasteiger partial charge in [0.05, 0.1) is 6.54 Å².